The first-order valence-electron chi connectivity index (χ1n) is 5.32. The molecular formula is C10H17F3N2S. The van der Waals surface area contributed by atoms with Gasteiger partial charge in [0.05, 0.1) is 11.4 Å². The van der Waals surface area contributed by atoms with Gasteiger partial charge >= 0.3 is 6.18 Å². The van der Waals surface area contributed by atoms with E-state index in [9.17, 15) is 13.2 Å². The van der Waals surface area contributed by atoms with Gasteiger partial charge in [-0.1, -0.05) is 19.1 Å². The number of nitrogens with zero attached hydrogens (tertiary/aromatic N) is 1. The van der Waals surface area contributed by atoms with Crippen molar-refractivity contribution in [3.63, 3.8) is 0 Å². The lowest BCUT2D eigenvalue weighted by molar-refractivity contribution is -0.138. The molecule has 16 heavy (non-hydrogen) atoms. The van der Waals surface area contributed by atoms with Gasteiger partial charge in [0, 0.05) is 12.0 Å². The molecule has 0 aromatic heterocycles. The number of hydrogen-bond donors (Lipinski definition) is 1. The maximum atomic E-state index is 12.0. The fraction of sp³-hybridized carbons (Fsp3) is 0.900. The predicted octanol–water partition coefficient (Wildman–Crippen LogP) is 2.33. The second-order valence-electron chi connectivity index (χ2n) is 4.63. The lowest BCUT2D eigenvalue weighted by Gasteiger charge is -2.38. The van der Waals surface area contributed by atoms with E-state index < -0.39 is 12.6 Å². The maximum absolute atomic E-state index is 12.0. The zero-order valence-corrected chi connectivity index (χ0v) is 10.1. The van der Waals surface area contributed by atoms with Crippen LogP contribution in [0, 0.1) is 5.41 Å². The van der Waals surface area contributed by atoms with E-state index >= 15 is 0 Å². The summed E-state index contributed by atoms with van der Waals surface area (Å²) < 4.78 is 36.1. The minimum absolute atomic E-state index is 0.0803. The van der Waals surface area contributed by atoms with Crippen molar-refractivity contribution in [2.75, 3.05) is 19.6 Å². The predicted molar refractivity (Wildman–Crippen MR) is 61.2 cm³/mol. The fourth-order valence-corrected chi connectivity index (χ4v) is 2.01. The molecule has 0 atom stereocenters. The Hall–Kier alpha value is -0.360. The molecule has 2 N–H and O–H groups in total. The SMILES string of the molecule is CC1(C(N)=S)CCN(CCC(F)(F)F)CC1. The second-order valence-corrected chi connectivity index (χ2v) is 5.07. The van der Waals surface area contributed by atoms with E-state index in [1.54, 1.807) is 0 Å². The summed E-state index contributed by atoms with van der Waals surface area (Å²) in [5.41, 5.74) is 5.45. The Balaban J connectivity index is 2.35. The van der Waals surface area contributed by atoms with Gasteiger partial charge < -0.3 is 10.6 Å². The average molecular weight is 254 g/mol. The number of thiocarbonyl (C=S) groups is 1. The van der Waals surface area contributed by atoms with Crippen LogP contribution in [0.3, 0.4) is 0 Å². The molecule has 0 aliphatic carbocycles. The molecule has 1 rings (SSSR count). The third kappa shape index (κ3) is 3.90. The van der Waals surface area contributed by atoms with Crippen LogP contribution in [0.4, 0.5) is 13.2 Å². The number of hydrogen-bond acceptors (Lipinski definition) is 2. The number of alkyl halides is 3. The zero-order valence-electron chi connectivity index (χ0n) is 9.31. The number of nitrogens with two attached hydrogens (primary N) is 1. The van der Waals surface area contributed by atoms with E-state index in [0.717, 1.165) is 12.8 Å². The second kappa shape index (κ2) is 4.87. The van der Waals surface area contributed by atoms with Crippen LogP contribution < -0.4 is 5.73 Å². The van der Waals surface area contributed by atoms with E-state index in [-0.39, 0.29) is 12.0 Å². The van der Waals surface area contributed by atoms with Crippen LogP contribution in [0.1, 0.15) is 26.2 Å². The summed E-state index contributed by atoms with van der Waals surface area (Å²) >= 11 is 4.97. The van der Waals surface area contributed by atoms with Gasteiger partial charge in [-0.05, 0) is 25.9 Å². The van der Waals surface area contributed by atoms with Crippen molar-refractivity contribution in [1.29, 1.82) is 0 Å². The molecule has 0 saturated carbocycles. The van der Waals surface area contributed by atoms with E-state index in [1.807, 2.05) is 11.8 Å². The number of likely N-dealkylation sites (tertiary alicyclic amines) is 1. The van der Waals surface area contributed by atoms with E-state index in [4.69, 9.17) is 18.0 Å². The first-order valence-corrected chi connectivity index (χ1v) is 5.73. The Bertz CT molecular complexity index is 257. The molecule has 6 heteroatoms. The summed E-state index contributed by atoms with van der Waals surface area (Å²) in [7, 11) is 0. The van der Waals surface area contributed by atoms with Crippen molar-refractivity contribution in [3.8, 4) is 0 Å². The highest BCUT2D eigenvalue weighted by Gasteiger charge is 2.34. The Morgan fingerprint density at radius 1 is 1.38 bits per heavy atom. The van der Waals surface area contributed by atoms with Gasteiger partial charge in [0.25, 0.3) is 0 Å². The van der Waals surface area contributed by atoms with Gasteiger partial charge in [0.1, 0.15) is 0 Å². The summed E-state index contributed by atoms with van der Waals surface area (Å²) in [4.78, 5) is 2.30. The molecule has 0 aromatic rings. The van der Waals surface area contributed by atoms with Gasteiger partial charge in [-0.25, -0.2) is 0 Å². The largest absolute Gasteiger partial charge is 0.393 e. The molecule has 0 aromatic carbocycles. The topological polar surface area (TPSA) is 29.3 Å². The van der Waals surface area contributed by atoms with E-state index in [2.05, 4.69) is 0 Å². The average Bonchev–Trinajstić information content (AvgIpc) is 2.15. The standard InChI is InChI=1S/C10H17F3N2S/c1-9(8(14)16)2-5-15(6-3-9)7-4-10(11,12)13/h2-7H2,1H3,(H2,14,16). The number of halogens is 3. The third-order valence-electron chi connectivity index (χ3n) is 3.27. The quantitative estimate of drug-likeness (QED) is 0.784. The molecule has 1 aliphatic rings. The Morgan fingerprint density at radius 3 is 2.25 bits per heavy atom. The van der Waals surface area contributed by atoms with Gasteiger partial charge in [-0.15, -0.1) is 0 Å². The zero-order chi connectivity index (χ0) is 12.4. The van der Waals surface area contributed by atoms with Gasteiger partial charge in [0.15, 0.2) is 0 Å². The lowest BCUT2D eigenvalue weighted by atomic mass is 9.80. The molecule has 94 valence electrons. The molecule has 1 fully saturated rings. The summed E-state index contributed by atoms with van der Waals surface area (Å²) in [5, 5.41) is 0. The molecule has 1 aliphatic heterocycles. The third-order valence-corrected chi connectivity index (χ3v) is 3.76. The highest BCUT2D eigenvalue weighted by atomic mass is 32.1. The van der Waals surface area contributed by atoms with Crippen LogP contribution in [0.5, 0.6) is 0 Å². The smallest absolute Gasteiger partial charge is 0.390 e. The van der Waals surface area contributed by atoms with Gasteiger partial charge in [-0.3, -0.25) is 0 Å². The van der Waals surface area contributed by atoms with Crippen molar-refractivity contribution in [3.05, 3.63) is 0 Å². The van der Waals surface area contributed by atoms with Crippen molar-refractivity contribution in [2.24, 2.45) is 11.1 Å². The van der Waals surface area contributed by atoms with E-state index in [1.165, 1.54) is 0 Å². The molecule has 0 bridgehead atoms. The van der Waals surface area contributed by atoms with Crippen LogP contribution in [0.2, 0.25) is 0 Å². The first-order chi connectivity index (χ1) is 7.23. The molecule has 1 heterocycles. The fourth-order valence-electron chi connectivity index (χ4n) is 1.80. The van der Waals surface area contributed by atoms with Crippen LogP contribution in [-0.2, 0) is 0 Å². The van der Waals surface area contributed by atoms with Gasteiger partial charge in [0.2, 0.25) is 0 Å². The molecule has 1 saturated heterocycles. The number of rotatable bonds is 3. The van der Waals surface area contributed by atoms with Crippen molar-refractivity contribution in [1.82, 2.24) is 4.90 Å². The molecule has 2 nitrogen and oxygen atoms in total. The molecular weight excluding hydrogens is 237 g/mol. The molecule has 0 spiro atoms. The maximum Gasteiger partial charge on any atom is 0.390 e. The Morgan fingerprint density at radius 2 is 1.88 bits per heavy atom. The van der Waals surface area contributed by atoms with Crippen LogP contribution >= 0.6 is 12.2 Å². The Labute approximate surface area is 99.0 Å². The summed E-state index contributed by atoms with van der Waals surface area (Å²) in [5.74, 6) is 0. The van der Waals surface area contributed by atoms with Gasteiger partial charge in [-0.2, -0.15) is 13.2 Å². The minimum Gasteiger partial charge on any atom is -0.393 e. The first kappa shape index (κ1) is 13.7. The normalized spacial score (nSPS) is 22.0. The van der Waals surface area contributed by atoms with Crippen LogP contribution in [0.25, 0.3) is 0 Å². The minimum atomic E-state index is -4.07. The highest BCUT2D eigenvalue weighted by molar-refractivity contribution is 7.80. The molecule has 0 amide bonds. The lowest BCUT2D eigenvalue weighted by Crippen LogP contribution is -2.45. The summed E-state index contributed by atoms with van der Waals surface area (Å²) in [6, 6.07) is 0. The van der Waals surface area contributed by atoms with E-state index in [0.29, 0.717) is 18.1 Å². The highest BCUT2D eigenvalue weighted by Crippen LogP contribution is 2.31. The number of piperidine rings is 1. The van der Waals surface area contributed by atoms with Crippen molar-refractivity contribution in [2.45, 2.75) is 32.4 Å². The van der Waals surface area contributed by atoms with Crippen LogP contribution in [0.15, 0.2) is 0 Å². The molecule has 0 unspecified atom stereocenters. The van der Waals surface area contributed by atoms with Crippen LogP contribution in [-0.4, -0.2) is 35.7 Å². The summed E-state index contributed by atoms with van der Waals surface area (Å²) in [6.45, 7) is 3.35. The molecule has 0 radical (unpaired) electrons. The monoisotopic (exact) mass is 254 g/mol. The summed E-state index contributed by atoms with van der Waals surface area (Å²) in [6.07, 6.45) is -3.30. The Kier molecular flexibility index (Phi) is 4.17. The van der Waals surface area contributed by atoms with Crippen molar-refractivity contribution < 1.29 is 13.2 Å². The van der Waals surface area contributed by atoms with Crippen molar-refractivity contribution >= 4 is 17.2 Å².